The molecule has 13 nitrogen and oxygen atoms in total. The molecule has 0 amide bonds. The molecule has 0 saturated carbocycles. The fourth-order valence-corrected chi connectivity index (χ4v) is 12.8. The Bertz CT molecular complexity index is 2230. The summed E-state index contributed by atoms with van der Waals surface area (Å²) in [5.41, 5.74) is 1.92. The molecule has 0 radical (unpaired) electrons. The number of aliphatic hydroxyl groups excluding tert-OH is 1. The number of fused-ring (bicyclic) bond motifs is 9. The number of piperazine rings is 1. The lowest BCUT2D eigenvalue weighted by molar-refractivity contribution is -0.207. The van der Waals surface area contributed by atoms with Crippen LogP contribution in [0.25, 0.3) is 11.0 Å². The maximum absolute atomic E-state index is 14.7. The first-order chi connectivity index (χ1) is 26.5. The number of furan rings is 1. The van der Waals surface area contributed by atoms with Crippen molar-refractivity contribution in [1.82, 2.24) is 15.1 Å². The van der Waals surface area contributed by atoms with E-state index in [1.54, 1.807) is 7.11 Å². The van der Waals surface area contributed by atoms with Crippen LogP contribution in [0.15, 0.2) is 51.9 Å². The zero-order chi connectivity index (χ0) is 38.1. The number of methoxy groups -OCH3 is 1. The SMILES string of the molecule is COC1=C(O)C2C(C=C1C)CC1(O)CN(C)[C@@H]2[C@@H]2[C@@H]3SC[C@]4(NCCc5c4oc4ccccc54)C(=O)OCC[C@@H](c4c5c(c(C)c(OC(C)=O)c43)OCO5)N21. The number of nitrogens with zero attached hydrogens (tertiary/aromatic N) is 2. The van der Waals surface area contributed by atoms with Crippen molar-refractivity contribution in [3.63, 3.8) is 0 Å². The molecule has 4 unspecified atom stereocenters. The molecule has 1 spiro atoms. The minimum atomic E-state index is -1.39. The number of hydrogen-bond donors (Lipinski definition) is 3. The lowest BCUT2D eigenvalue weighted by Crippen LogP contribution is -2.71. The van der Waals surface area contributed by atoms with Crippen LogP contribution in [-0.2, 0) is 31.0 Å². The van der Waals surface area contributed by atoms with Gasteiger partial charge in [0.15, 0.2) is 22.8 Å². The Kier molecular flexibility index (Phi) is 7.94. The molecule has 12 rings (SSSR count). The zero-order valence-corrected chi connectivity index (χ0v) is 32.3. The Morgan fingerprint density at radius 1 is 1.11 bits per heavy atom. The molecule has 9 aliphatic rings. The van der Waals surface area contributed by atoms with Crippen LogP contribution < -0.4 is 19.5 Å². The van der Waals surface area contributed by atoms with Crippen LogP contribution in [0.3, 0.4) is 0 Å². The summed E-state index contributed by atoms with van der Waals surface area (Å²) >= 11 is 1.54. The number of likely N-dealkylation sites (N-methyl/N-ethyl adjacent to an activating group) is 1. The second-order valence-electron chi connectivity index (χ2n) is 16.0. The van der Waals surface area contributed by atoms with Crippen LogP contribution in [0.1, 0.15) is 66.0 Å². The summed E-state index contributed by atoms with van der Waals surface area (Å²) in [6, 6.07) is 6.47. The van der Waals surface area contributed by atoms with Gasteiger partial charge in [-0.05, 0) is 51.3 Å². The number of hydrogen-bond acceptors (Lipinski definition) is 14. The van der Waals surface area contributed by atoms with E-state index in [1.807, 2.05) is 45.2 Å². The van der Waals surface area contributed by atoms with Crippen LogP contribution in [0.4, 0.5) is 0 Å². The van der Waals surface area contributed by atoms with Gasteiger partial charge in [0.05, 0.1) is 19.0 Å². The Hall–Kier alpha value is -4.21. The molecule has 1 aromatic heterocycles. The van der Waals surface area contributed by atoms with Gasteiger partial charge in [0, 0.05) is 83.9 Å². The first-order valence-electron chi connectivity index (χ1n) is 19.0. The molecule has 9 heterocycles. The predicted molar refractivity (Wildman–Crippen MR) is 201 cm³/mol. The maximum atomic E-state index is 14.7. The van der Waals surface area contributed by atoms with Gasteiger partial charge in [-0.3, -0.25) is 19.9 Å². The molecule has 4 fully saturated rings. The van der Waals surface area contributed by atoms with E-state index >= 15 is 0 Å². The van der Waals surface area contributed by atoms with Crippen LogP contribution in [0.5, 0.6) is 17.2 Å². The second kappa shape index (κ2) is 12.4. The number of rotatable bonds is 2. The minimum Gasteiger partial charge on any atom is -0.508 e. The van der Waals surface area contributed by atoms with Crippen molar-refractivity contribution >= 4 is 34.7 Å². The van der Waals surface area contributed by atoms with Gasteiger partial charge in [0.1, 0.15) is 28.6 Å². The molecule has 9 atom stereocenters. The van der Waals surface area contributed by atoms with Gasteiger partial charge < -0.3 is 38.3 Å². The lowest BCUT2D eigenvalue weighted by Gasteiger charge is -2.60. The number of esters is 2. The number of aliphatic hydroxyl groups is 2. The molecule has 1 aliphatic carbocycles. The first kappa shape index (κ1) is 35.2. The Labute approximate surface area is 322 Å². The predicted octanol–water partition coefficient (Wildman–Crippen LogP) is 4.90. The van der Waals surface area contributed by atoms with Gasteiger partial charge >= 0.3 is 11.9 Å². The van der Waals surface area contributed by atoms with E-state index < -0.39 is 46.5 Å². The number of para-hydroxylation sites is 1. The second-order valence-corrected chi connectivity index (χ2v) is 17.2. The number of carbonyl (C=O) groups is 2. The summed E-state index contributed by atoms with van der Waals surface area (Å²) in [5, 5.41) is 29.4. The van der Waals surface area contributed by atoms with E-state index in [4.69, 9.17) is 28.1 Å². The normalized spacial score (nSPS) is 34.9. The van der Waals surface area contributed by atoms with Gasteiger partial charge in [-0.1, -0.05) is 24.3 Å². The number of carbonyl (C=O) groups excluding carboxylic acids is 2. The van der Waals surface area contributed by atoms with Crippen molar-refractivity contribution < 1.29 is 47.9 Å². The number of ether oxygens (including phenoxy) is 5. The van der Waals surface area contributed by atoms with E-state index in [0.29, 0.717) is 72.3 Å². The standard InChI is InChI=1S/C41H45N3O10S/c1-19-14-22-15-40(48)16-43(4)30(27(22)32(46)33(19)49-5)31-37-29-28(36-35(51-18-52-36)20(2)34(29)53-21(3)45)25(44(31)40)11-13-50-39(47)41(17-55-37)38-24(10-12-42-41)23-8-6-7-9-26(23)54-38/h6-9,14,22,25,27,30-31,37,42,46,48H,10-13,15-18H2,1-5H3/t22?,25-,27?,30-,31+,37+,40?,41+/m0/s1. The van der Waals surface area contributed by atoms with Gasteiger partial charge in [-0.15, -0.1) is 11.8 Å². The molecule has 2 aromatic carbocycles. The fourth-order valence-electron chi connectivity index (χ4n) is 11.2. The Morgan fingerprint density at radius 3 is 2.71 bits per heavy atom. The molecule has 55 heavy (non-hydrogen) atoms. The average molecular weight is 772 g/mol. The third-order valence-corrected chi connectivity index (χ3v) is 14.5. The van der Waals surface area contributed by atoms with E-state index in [1.165, 1.54) is 18.7 Å². The van der Waals surface area contributed by atoms with Gasteiger partial charge in [0.25, 0.3) is 0 Å². The van der Waals surface area contributed by atoms with Gasteiger partial charge in [0.2, 0.25) is 6.79 Å². The quantitative estimate of drug-likeness (QED) is 0.239. The molecule has 3 aromatic rings. The molecule has 4 bridgehead atoms. The highest BCUT2D eigenvalue weighted by atomic mass is 32.2. The van der Waals surface area contributed by atoms with Crippen molar-refractivity contribution in [2.45, 2.75) is 74.7 Å². The van der Waals surface area contributed by atoms with E-state index in [9.17, 15) is 19.8 Å². The van der Waals surface area contributed by atoms with Crippen molar-refractivity contribution in [2.75, 3.05) is 46.4 Å². The molecule has 8 aliphatic heterocycles. The molecule has 290 valence electrons. The smallest absolute Gasteiger partial charge is 0.335 e. The summed E-state index contributed by atoms with van der Waals surface area (Å²) in [6.07, 6.45) is 3.44. The van der Waals surface area contributed by atoms with Crippen LogP contribution in [-0.4, -0.2) is 96.2 Å². The third kappa shape index (κ3) is 4.81. The average Bonchev–Trinajstić information content (AvgIpc) is 3.74. The molecule has 4 saturated heterocycles. The molecular formula is C41H45N3O10S. The topological polar surface area (TPSA) is 152 Å². The lowest BCUT2D eigenvalue weighted by atomic mass is 9.73. The minimum absolute atomic E-state index is 0.0146. The van der Waals surface area contributed by atoms with Gasteiger partial charge in [-0.2, -0.15) is 0 Å². The largest absolute Gasteiger partial charge is 0.508 e. The number of nitrogens with one attached hydrogen (secondary N) is 1. The van der Waals surface area contributed by atoms with Crippen molar-refractivity contribution in [1.29, 1.82) is 0 Å². The molecule has 14 heteroatoms. The first-order valence-corrected chi connectivity index (χ1v) is 20.1. The maximum Gasteiger partial charge on any atom is 0.335 e. The highest BCUT2D eigenvalue weighted by molar-refractivity contribution is 7.99. The highest BCUT2D eigenvalue weighted by Crippen LogP contribution is 2.65. The molecular weight excluding hydrogens is 727 g/mol. The summed E-state index contributed by atoms with van der Waals surface area (Å²) in [6.45, 7) is 6.02. The zero-order valence-electron chi connectivity index (χ0n) is 31.5. The van der Waals surface area contributed by atoms with Crippen LogP contribution in [0.2, 0.25) is 0 Å². The summed E-state index contributed by atoms with van der Waals surface area (Å²) < 4.78 is 37.2. The monoisotopic (exact) mass is 771 g/mol. The summed E-state index contributed by atoms with van der Waals surface area (Å²) in [5.74, 6) is 1.20. The van der Waals surface area contributed by atoms with Crippen molar-refractivity contribution in [3.8, 4) is 17.2 Å². The van der Waals surface area contributed by atoms with Crippen LogP contribution in [0, 0.1) is 18.8 Å². The number of thioether (sulfide) groups is 1. The fraction of sp³-hybridized carbons (Fsp3) is 0.512. The Morgan fingerprint density at radius 2 is 1.91 bits per heavy atom. The number of allylic oxidation sites excluding steroid dienone is 2. The summed E-state index contributed by atoms with van der Waals surface area (Å²) in [4.78, 5) is 32.0. The Balaban J connectivity index is 1.24. The molecule has 3 N–H and O–H groups in total. The van der Waals surface area contributed by atoms with Gasteiger partial charge in [-0.25, -0.2) is 4.79 Å². The third-order valence-electron chi connectivity index (χ3n) is 13.1. The summed E-state index contributed by atoms with van der Waals surface area (Å²) in [7, 11) is 3.57. The highest BCUT2D eigenvalue weighted by Gasteiger charge is 2.65. The van der Waals surface area contributed by atoms with E-state index in [2.05, 4.69) is 21.2 Å². The van der Waals surface area contributed by atoms with Crippen molar-refractivity contribution in [3.05, 3.63) is 75.4 Å². The number of benzene rings is 2. The van der Waals surface area contributed by atoms with E-state index in [-0.39, 0.29) is 36.9 Å². The van der Waals surface area contributed by atoms with E-state index in [0.717, 1.165) is 27.6 Å². The van der Waals surface area contributed by atoms with Crippen molar-refractivity contribution in [2.24, 2.45) is 11.8 Å². The van der Waals surface area contributed by atoms with Crippen LogP contribution >= 0.6 is 11.8 Å².